The van der Waals surface area contributed by atoms with Gasteiger partial charge in [-0.2, -0.15) is 0 Å². The molecule has 1 aliphatic heterocycles. The van der Waals surface area contributed by atoms with E-state index < -0.39 is 11.8 Å². The van der Waals surface area contributed by atoms with Crippen LogP contribution in [0.3, 0.4) is 0 Å². The van der Waals surface area contributed by atoms with Crippen LogP contribution in [-0.2, 0) is 9.59 Å². The molecule has 1 aromatic carbocycles. The van der Waals surface area contributed by atoms with E-state index in [0.29, 0.717) is 24.8 Å². The summed E-state index contributed by atoms with van der Waals surface area (Å²) in [6, 6.07) is 9.13. The van der Waals surface area contributed by atoms with E-state index in [1.165, 1.54) is 43.4 Å². The van der Waals surface area contributed by atoms with Crippen molar-refractivity contribution in [2.45, 2.75) is 77.7 Å². The third-order valence-electron chi connectivity index (χ3n) is 6.91. The Morgan fingerprint density at radius 3 is 2.35 bits per heavy atom. The molecule has 0 radical (unpaired) electrons. The Hall–Kier alpha value is -2.08. The van der Waals surface area contributed by atoms with Crippen molar-refractivity contribution >= 4 is 17.5 Å². The first kappa shape index (κ1) is 23.6. The van der Waals surface area contributed by atoms with Crippen LogP contribution in [0.5, 0.6) is 0 Å². The predicted octanol–water partition coefficient (Wildman–Crippen LogP) is 4.33. The normalized spacial score (nSPS) is 21.3. The van der Waals surface area contributed by atoms with Crippen molar-refractivity contribution in [2.24, 2.45) is 11.8 Å². The second-order valence-electron chi connectivity index (χ2n) is 9.82. The molecule has 31 heavy (non-hydrogen) atoms. The van der Waals surface area contributed by atoms with Gasteiger partial charge in [-0.25, -0.2) is 5.48 Å². The highest BCUT2D eigenvalue weighted by Gasteiger charge is 2.33. The summed E-state index contributed by atoms with van der Waals surface area (Å²) < 4.78 is 0. The monoisotopic (exact) mass is 429 g/mol. The number of amides is 2. The lowest BCUT2D eigenvalue weighted by atomic mass is 9.84. The number of carbonyl (C=O) groups excluding carboxylic acids is 2. The fourth-order valence-electron chi connectivity index (χ4n) is 5.26. The molecule has 0 spiro atoms. The topological polar surface area (TPSA) is 72.9 Å². The average molecular weight is 430 g/mol. The lowest BCUT2D eigenvalue weighted by molar-refractivity contribution is -0.142. The van der Waals surface area contributed by atoms with Crippen molar-refractivity contribution in [2.75, 3.05) is 24.5 Å². The molecule has 3 rings (SSSR count). The van der Waals surface area contributed by atoms with Gasteiger partial charge in [0.2, 0.25) is 11.8 Å². The average Bonchev–Trinajstić information content (AvgIpc) is 2.78. The van der Waals surface area contributed by atoms with E-state index in [1.54, 1.807) is 5.48 Å². The Morgan fingerprint density at radius 2 is 1.77 bits per heavy atom. The first-order valence-corrected chi connectivity index (χ1v) is 12.0. The minimum absolute atomic E-state index is 0.0251. The standard InChI is InChI=1S/C25H39N3O3/c1-18(2)15-22(16-24(29)26-31)25(30)28-14-13-27(17-19(28)3)23-11-9-21(10-12-23)20-7-5-4-6-8-20/h9-12,18-20,22,31H,4-8,13-17H2,1-3H3,(H,26,29)/t19?,22-/m0/s1. The number of nitrogens with zero attached hydrogens (tertiary/aromatic N) is 2. The van der Waals surface area contributed by atoms with Crippen LogP contribution in [0.15, 0.2) is 24.3 Å². The van der Waals surface area contributed by atoms with Gasteiger partial charge in [-0.15, -0.1) is 0 Å². The highest BCUT2D eigenvalue weighted by Crippen LogP contribution is 2.33. The highest BCUT2D eigenvalue weighted by atomic mass is 16.5. The third kappa shape index (κ3) is 6.22. The van der Waals surface area contributed by atoms with E-state index >= 15 is 0 Å². The SMILES string of the molecule is CC(C)C[C@@H](CC(=O)NO)C(=O)N1CCN(c2ccc(C3CCCCC3)cc2)CC1C. The molecule has 6 nitrogen and oxygen atoms in total. The molecule has 1 aliphatic carbocycles. The summed E-state index contributed by atoms with van der Waals surface area (Å²) in [5.41, 5.74) is 4.36. The number of nitrogens with one attached hydrogen (secondary N) is 1. The second-order valence-corrected chi connectivity index (χ2v) is 9.82. The van der Waals surface area contributed by atoms with Gasteiger partial charge in [0.15, 0.2) is 0 Å². The Labute approximate surface area is 186 Å². The number of rotatable bonds is 7. The van der Waals surface area contributed by atoms with Gasteiger partial charge in [0.25, 0.3) is 0 Å². The number of piperazine rings is 1. The van der Waals surface area contributed by atoms with E-state index in [2.05, 4.69) is 49.9 Å². The van der Waals surface area contributed by atoms with Crippen molar-refractivity contribution in [3.05, 3.63) is 29.8 Å². The molecule has 0 bridgehead atoms. The molecule has 2 fully saturated rings. The zero-order chi connectivity index (χ0) is 22.4. The molecule has 0 aromatic heterocycles. The molecule has 6 heteroatoms. The van der Waals surface area contributed by atoms with Gasteiger partial charge in [-0.05, 0) is 55.7 Å². The quantitative estimate of drug-likeness (QED) is 0.500. The molecule has 2 amide bonds. The van der Waals surface area contributed by atoms with Gasteiger partial charge in [-0.3, -0.25) is 14.8 Å². The molecule has 1 saturated heterocycles. The minimum Gasteiger partial charge on any atom is -0.368 e. The van der Waals surface area contributed by atoms with Crippen molar-refractivity contribution < 1.29 is 14.8 Å². The molecule has 172 valence electrons. The van der Waals surface area contributed by atoms with Gasteiger partial charge in [0.1, 0.15) is 0 Å². The zero-order valence-electron chi connectivity index (χ0n) is 19.3. The van der Waals surface area contributed by atoms with Crippen LogP contribution in [0, 0.1) is 11.8 Å². The van der Waals surface area contributed by atoms with Crippen LogP contribution in [0.25, 0.3) is 0 Å². The Kier molecular flexibility index (Phi) is 8.35. The van der Waals surface area contributed by atoms with Gasteiger partial charge in [0, 0.05) is 43.7 Å². The summed E-state index contributed by atoms with van der Waals surface area (Å²) >= 11 is 0. The Morgan fingerprint density at radius 1 is 1.10 bits per heavy atom. The summed E-state index contributed by atoms with van der Waals surface area (Å²) in [5, 5.41) is 8.89. The number of anilines is 1. The van der Waals surface area contributed by atoms with Crippen molar-refractivity contribution in [1.82, 2.24) is 10.4 Å². The van der Waals surface area contributed by atoms with Crippen molar-refractivity contribution in [3.63, 3.8) is 0 Å². The number of hydrogen-bond acceptors (Lipinski definition) is 4. The van der Waals surface area contributed by atoms with Crippen LogP contribution < -0.4 is 10.4 Å². The zero-order valence-corrected chi connectivity index (χ0v) is 19.3. The second kappa shape index (κ2) is 11.0. The smallest absolute Gasteiger partial charge is 0.244 e. The van der Waals surface area contributed by atoms with E-state index in [0.717, 1.165) is 13.1 Å². The lowest BCUT2D eigenvalue weighted by Crippen LogP contribution is -2.55. The fraction of sp³-hybridized carbons (Fsp3) is 0.680. The molecule has 2 atom stereocenters. The lowest BCUT2D eigenvalue weighted by Gasteiger charge is -2.42. The molecule has 1 unspecified atom stereocenters. The maximum atomic E-state index is 13.2. The minimum atomic E-state index is -0.497. The van der Waals surface area contributed by atoms with Crippen LogP contribution >= 0.6 is 0 Å². The molecule has 2 aliphatic rings. The molecule has 1 heterocycles. The first-order chi connectivity index (χ1) is 14.9. The molecule has 1 saturated carbocycles. The molecular formula is C25H39N3O3. The number of hydrogen-bond donors (Lipinski definition) is 2. The third-order valence-corrected chi connectivity index (χ3v) is 6.91. The van der Waals surface area contributed by atoms with E-state index in [1.807, 2.05) is 4.90 Å². The largest absolute Gasteiger partial charge is 0.368 e. The van der Waals surface area contributed by atoms with Crippen LogP contribution in [0.4, 0.5) is 5.69 Å². The maximum absolute atomic E-state index is 13.2. The highest BCUT2D eigenvalue weighted by molar-refractivity contribution is 5.85. The van der Waals surface area contributed by atoms with Gasteiger partial charge in [0.05, 0.1) is 0 Å². The van der Waals surface area contributed by atoms with Crippen LogP contribution in [0.1, 0.15) is 77.2 Å². The number of carbonyl (C=O) groups is 2. The first-order valence-electron chi connectivity index (χ1n) is 12.0. The molecule has 1 aromatic rings. The van der Waals surface area contributed by atoms with Crippen molar-refractivity contribution in [3.8, 4) is 0 Å². The summed E-state index contributed by atoms with van der Waals surface area (Å²) in [5.74, 6) is 0.154. The fourth-order valence-corrected chi connectivity index (χ4v) is 5.26. The summed E-state index contributed by atoms with van der Waals surface area (Å²) in [6.45, 7) is 8.41. The van der Waals surface area contributed by atoms with Crippen molar-refractivity contribution in [1.29, 1.82) is 0 Å². The number of benzene rings is 1. The van der Waals surface area contributed by atoms with E-state index in [9.17, 15) is 9.59 Å². The van der Waals surface area contributed by atoms with Gasteiger partial charge >= 0.3 is 0 Å². The Bertz CT molecular complexity index is 728. The van der Waals surface area contributed by atoms with E-state index in [-0.39, 0.29) is 18.4 Å². The Balaban J connectivity index is 1.61. The van der Waals surface area contributed by atoms with Gasteiger partial charge < -0.3 is 9.80 Å². The van der Waals surface area contributed by atoms with Crippen LogP contribution in [-0.4, -0.2) is 47.6 Å². The summed E-state index contributed by atoms with van der Waals surface area (Å²) in [7, 11) is 0. The summed E-state index contributed by atoms with van der Waals surface area (Å²) in [4.78, 5) is 29.2. The van der Waals surface area contributed by atoms with E-state index in [4.69, 9.17) is 5.21 Å². The van der Waals surface area contributed by atoms with Gasteiger partial charge in [-0.1, -0.05) is 45.2 Å². The maximum Gasteiger partial charge on any atom is 0.244 e. The molecule has 2 N–H and O–H groups in total. The molecular weight excluding hydrogens is 390 g/mol. The number of hydroxylamine groups is 1. The van der Waals surface area contributed by atoms with Crippen LogP contribution in [0.2, 0.25) is 0 Å². The summed E-state index contributed by atoms with van der Waals surface area (Å²) in [6.07, 6.45) is 7.35. The predicted molar refractivity (Wildman–Crippen MR) is 123 cm³/mol.